The average molecular weight is 478 g/mol. The molecule has 0 bridgehead atoms. The number of hydrogen-bond donors (Lipinski definition) is 3. The van der Waals surface area contributed by atoms with E-state index in [0.29, 0.717) is 6.07 Å². The Labute approximate surface area is 190 Å². The molecule has 0 amide bonds. The summed E-state index contributed by atoms with van der Waals surface area (Å²) in [5.74, 6) is -3.04. The fraction of sp³-hybridized carbons (Fsp3) is 0.348. The summed E-state index contributed by atoms with van der Waals surface area (Å²) in [7, 11) is 0. The van der Waals surface area contributed by atoms with Gasteiger partial charge in [-0.05, 0) is 30.4 Å². The van der Waals surface area contributed by atoms with Crippen molar-refractivity contribution in [1.82, 2.24) is 9.97 Å². The smallest absolute Gasteiger partial charge is 0.419 e. The van der Waals surface area contributed by atoms with Gasteiger partial charge in [-0.15, -0.1) is 0 Å². The predicted octanol–water partition coefficient (Wildman–Crippen LogP) is 4.92. The summed E-state index contributed by atoms with van der Waals surface area (Å²) >= 11 is 0. The summed E-state index contributed by atoms with van der Waals surface area (Å²) in [6.07, 6.45) is -4.89. The number of nitrogens with one attached hydrogen (secondary N) is 1. The molecule has 2 unspecified atom stereocenters. The van der Waals surface area contributed by atoms with Gasteiger partial charge in [0.05, 0.1) is 11.6 Å². The van der Waals surface area contributed by atoms with E-state index in [9.17, 15) is 37.4 Å². The quantitative estimate of drug-likeness (QED) is 0.452. The Hall–Kier alpha value is -3.52. The molecule has 0 saturated carbocycles. The molecule has 1 aliphatic carbocycles. The number of rotatable bonds is 2. The molecule has 3 N–H and O–H groups in total. The third kappa shape index (κ3) is 3.40. The molecule has 178 valence electrons. The molecule has 3 aromatic rings. The van der Waals surface area contributed by atoms with Crippen LogP contribution in [0.5, 0.6) is 5.75 Å². The number of halogens is 5. The summed E-state index contributed by atoms with van der Waals surface area (Å²) in [5, 5.41) is 33.4. The highest BCUT2D eigenvalue weighted by atomic mass is 19.4. The topological polar surface area (TPSA) is 102 Å². The second-order valence-corrected chi connectivity index (χ2v) is 9.00. The Morgan fingerprint density at radius 2 is 1.91 bits per heavy atom. The molecule has 0 aliphatic heterocycles. The van der Waals surface area contributed by atoms with E-state index in [1.54, 1.807) is 6.07 Å². The first-order chi connectivity index (χ1) is 15.7. The van der Waals surface area contributed by atoms with Crippen molar-refractivity contribution in [3.05, 3.63) is 58.5 Å². The Morgan fingerprint density at radius 1 is 1.24 bits per heavy atom. The lowest BCUT2D eigenvalue weighted by atomic mass is 9.63. The van der Waals surface area contributed by atoms with Gasteiger partial charge in [-0.3, -0.25) is 0 Å². The van der Waals surface area contributed by atoms with Gasteiger partial charge in [0.15, 0.2) is 17.2 Å². The number of aliphatic hydroxyl groups is 1. The van der Waals surface area contributed by atoms with Crippen LogP contribution in [0.1, 0.15) is 48.8 Å². The van der Waals surface area contributed by atoms with Crippen LogP contribution < -0.4 is 5.32 Å². The highest BCUT2D eigenvalue weighted by Crippen LogP contribution is 2.56. The normalized spacial score (nSPS) is 21.7. The van der Waals surface area contributed by atoms with Crippen LogP contribution in [0, 0.1) is 29.9 Å². The lowest BCUT2D eigenvalue weighted by Crippen LogP contribution is -2.58. The molecule has 1 heterocycles. The highest BCUT2D eigenvalue weighted by Gasteiger charge is 2.64. The number of fused-ring (bicyclic) bond motifs is 2. The van der Waals surface area contributed by atoms with Gasteiger partial charge in [0.1, 0.15) is 23.2 Å². The Kier molecular flexibility index (Phi) is 5.21. The second kappa shape index (κ2) is 7.50. The summed E-state index contributed by atoms with van der Waals surface area (Å²) in [5.41, 5.74) is -5.74. The van der Waals surface area contributed by atoms with Crippen molar-refractivity contribution in [3.63, 3.8) is 0 Å². The van der Waals surface area contributed by atoms with Crippen LogP contribution in [0.4, 0.5) is 27.6 Å². The van der Waals surface area contributed by atoms with Gasteiger partial charge in [0.25, 0.3) is 0 Å². The Balaban J connectivity index is 2.01. The van der Waals surface area contributed by atoms with Gasteiger partial charge < -0.3 is 15.5 Å². The molecule has 34 heavy (non-hydrogen) atoms. The first kappa shape index (κ1) is 23.6. The zero-order valence-electron chi connectivity index (χ0n) is 18.2. The van der Waals surface area contributed by atoms with Crippen LogP contribution in [0.2, 0.25) is 0 Å². The van der Waals surface area contributed by atoms with Crippen molar-refractivity contribution < 1.29 is 32.2 Å². The molecular formula is C23H19F5N4O2. The molecule has 0 saturated heterocycles. The molecule has 1 aromatic heterocycles. The highest BCUT2D eigenvalue weighted by molar-refractivity contribution is 5.91. The lowest BCUT2D eigenvalue weighted by Gasteiger charge is -2.49. The van der Waals surface area contributed by atoms with Crippen molar-refractivity contribution in [3.8, 4) is 11.8 Å². The number of nitrogens with zero attached hydrogens (tertiary/aromatic N) is 3. The zero-order chi connectivity index (χ0) is 25.2. The van der Waals surface area contributed by atoms with Gasteiger partial charge in [-0.2, -0.15) is 18.4 Å². The SMILES string of the molecule is Cc1ncc2c(NC3c4ccc(C#N)c(O)c4C(C)(C)CC3(O)C(F)(F)F)cc(F)c(F)c2n1. The van der Waals surface area contributed by atoms with E-state index >= 15 is 0 Å². The number of phenolic OH excluding ortho intramolecular Hbond substituents is 1. The molecule has 4 rings (SSSR count). The Morgan fingerprint density at radius 3 is 2.53 bits per heavy atom. The van der Waals surface area contributed by atoms with Crippen molar-refractivity contribution in [1.29, 1.82) is 5.26 Å². The second-order valence-electron chi connectivity index (χ2n) is 9.00. The number of aromatic hydroxyl groups is 1. The molecule has 2 atom stereocenters. The molecule has 0 spiro atoms. The van der Waals surface area contributed by atoms with Crippen LogP contribution >= 0.6 is 0 Å². The van der Waals surface area contributed by atoms with Gasteiger partial charge in [-0.25, -0.2) is 18.7 Å². The minimum absolute atomic E-state index is 0.0389. The van der Waals surface area contributed by atoms with E-state index in [4.69, 9.17) is 0 Å². The summed E-state index contributed by atoms with van der Waals surface area (Å²) in [4.78, 5) is 7.77. The van der Waals surface area contributed by atoms with E-state index in [1.807, 2.05) is 0 Å². The first-order valence-electron chi connectivity index (χ1n) is 10.1. The number of nitriles is 1. The first-order valence-corrected chi connectivity index (χ1v) is 10.1. The molecular weight excluding hydrogens is 459 g/mol. The van der Waals surface area contributed by atoms with E-state index in [1.165, 1.54) is 26.8 Å². The van der Waals surface area contributed by atoms with Gasteiger partial charge in [0.2, 0.25) is 0 Å². The minimum Gasteiger partial charge on any atom is -0.506 e. The van der Waals surface area contributed by atoms with Gasteiger partial charge in [-0.1, -0.05) is 19.9 Å². The summed E-state index contributed by atoms with van der Waals surface area (Å²) < 4.78 is 71.7. The molecule has 0 fully saturated rings. The zero-order valence-corrected chi connectivity index (χ0v) is 18.2. The van der Waals surface area contributed by atoms with Crippen molar-refractivity contribution >= 4 is 16.6 Å². The number of aryl methyl sites for hydroxylation is 1. The maximum absolute atomic E-state index is 14.4. The van der Waals surface area contributed by atoms with Crippen LogP contribution in [-0.2, 0) is 5.41 Å². The number of hydrogen-bond acceptors (Lipinski definition) is 6. The van der Waals surface area contributed by atoms with Crippen molar-refractivity contribution in [2.24, 2.45) is 0 Å². The summed E-state index contributed by atoms with van der Waals surface area (Å²) in [6.45, 7) is 4.25. The van der Waals surface area contributed by atoms with Gasteiger partial charge >= 0.3 is 6.18 Å². The molecule has 0 radical (unpaired) electrons. The fourth-order valence-electron chi connectivity index (χ4n) is 4.72. The van der Waals surface area contributed by atoms with Crippen LogP contribution in [-0.4, -0.2) is 32.0 Å². The van der Waals surface area contributed by atoms with Crippen LogP contribution in [0.25, 0.3) is 10.9 Å². The number of benzene rings is 2. The average Bonchev–Trinajstić information content (AvgIpc) is 2.73. The number of aromatic nitrogens is 2. The minimum atomic E-state index is -5.15. The van der Waals surface area contributed by atoms with Gasteiger partial charge in [0, 0.05) is 28.9 Å². The van der Waals surface area contributed by atoms with Crippen molar-refractivity contribution in [2.45, 2.75) is 50.4 Å². The van der Waals surface area contributed by atoms with E-state index in [-0.39, 0.29) is 33.6 Å². The van der Waals surface area contributed by atoms with Crippen molar-refractivity contribution in [2.75, 3.05) is 5.32 Å². The third-order valence-corrected chi connectivity index (χ3v) is 6.19. The molecule has 6 nitrogen and oxygen atoms in total. The lowest BCUT2D eigenvalue weighted by molar-refractivity contribution is -0.275. The Bertz CT molecular complexity index is 1370. The largest absolute Gasteiger partial charge is 0.506 e. The monoisotopic (exact) mass is 478 g/mol. The third-order valence-electron chi connectivity index (χ3n) is 6.19. The number of anilines is 1. The fourth-order valence-corrected chi connectivity index (χ4v) is 4.72. The molecule has 2 aromatic carbocycles. The molecule has 1 aliphatic rings. The summed E-state index contributed by atoms with van der Waals surface area (Å²) in [6, 6.07) is 2.84. The maximum atomic E-state index is 14.4. The number of alkyl halides is 3. The van der Waals surface area contributed by atoms with Crippen LogP contribution in [0.15, 0.2) is 24.4 Å². The molecule has 11 heteroatoms. The maximum Gasteiger partial charge on any atom is 0.419 e. The standard InChI is InChI=1S/C23H19F5N4O2/c1-10-30-8-13-15(6-14(24)17(25)18(13)31-10)32-20-12-5-4-11(7-29)19(33)16(12)21(2,3)9-22(20,34)23(26,27)28/h4-6,8,20,32-34H,9H2,1-3H3. The van der Waals surface area contributed by atoms with Crippen LogP contribution in [0.3, 0.4) is 0 Å². The number of phenols is 1. The predicted molar refractivity (Wildman–Crippen MR) is 112 cm³/mol. The van der Waals surface area contributed by atoms with E-state index < -0.39 is 52.6 Å². The van der Waals surface area contributed by atoms with E-state index in [2.05, 4.69) is 15.3 Å². The van der Waals surface area contributed by atoms with E-state index in [0.717, 1.165) is 12.3 Å².